The number of methoxy groups -OCH3 is 1. The van der Waals surface area contributed by atoms with Gasteiger partial charge < -0.3 is 9.47 Å². The smallest absolute Gasteiger partial charge is 0.209 e. The first kappa shape index (κ1) is 7.28. The minimum Gasteiger partial charge on any atom is -0.475 e. The fourth-order valence-electron chi connectivity index (χ4n) is 0.675. The van der Waals surface area contributed by atoms with Crippen molar-refractivity contribution in [2.75, 3.05) is 20.3 Å². The van der Waals surface area contributed by atoms with Gasteiger partial charge in [0.05, 0.1) is 6.61 Å². The lowest BCUT2D eigenvalue weighted by Gasteiger charge is -2.01. The molecule has 0 saturated carbocycles. The summed E-state index contributed by atoms with van der Waals surface area (Å²) < 4.78 is 9.98. The van der Waals surface area contributed by atoms with Crippen molar-refractivity contribution in [3.63, 3.8) is 0 Å². The SMILES string of the molecule is COCCOC1=CCC=N1. The maximum atomic E-state index is 5.18. The van der Waals surface area contributed by atoms with Crippen molar-refractivity contribution in [3.05, 3.63) is 12.0 Å². The van der Waals surface area contributed by atoms with E-state index >= 15 is 0 Å². The monoisotopic (exact) mass is 141 g/mol. The summed E-state index contributed by atoms with van der Waals surface area (Å²) in [6, 6.07) is 0. The van der Waals surface area contributed by atoms with Crippen molar-refractivity contribution < 1.29 is 9.47 Å². The van der Waals surface area contributed by atoms with Crippen LogP contribution in [-0.4, -0.2) is 26.5 Å². The lowest BCUT2D eigenvalue weighted by atomic mass is 10.5. The number of hydrogen-bond donors (Lipinski definition) is 0. The van der Waals surface area contributed by atoms with Crippen LogP contribution in [0.15, 0.2) is 17.0 Å². The van der Waals surface area contributed by atoms with Crippen LogP contribution in [0, 0.1) is 0 Å². The Morgan fingerprint density at radius 1 is 1.60 bits per heavy atom. The van der Waals surface area contributed by atoms with Crippen LogP contribution < -0.4 is 0 Å². The molecule has 0 amide bonds. The van der Waals surface area contributed by atoms with Gasteiger partial charge in [-0.3, -0.25) is 0 Å². The number of ether oxygens (including phenoxy) is 2. The van der Waals surface area contributed by atoms with Gasteiger partial charge in [0, 0.05) is 19.7 Å². The second kappa shape index (κ2) is 4.06. The minimum absolute atomic E-state index is 0.583. The normalized spacial score (nSPS) is 15.5. The molecule has 56 valence electrons. The van der Waals surface area contributed by atoms with E-state index in [2.05, 4.69) is 4.99 Å². The van der Waals surface area contributed by atoms with Crippen molar-refractivity contribution in [2.24, 2.45) is 4.99 Å². The lowest BCUT2D eigenvalue weighted by molar-refractivity contribution is 0.109. The van der Waals surface area contributed by atoms with Crippen LogP contribution in [0.3, 0.4) is 0 Å². The van der Waals surface area contributed by atoms with Crippen molar-refractivity contribution >= 4 is 6.21 Å². The highest BCUT2D eigenvalue weighted by Crippen LogP contribution is 2.05. The highest BCUT2D eigenvalue weighted by atomic mass is 16.5. The van der Waals surface area contributed by atoms with Gasteiger partial charge in [0.1, 0.15) is 6.61 Å². The predicted molar refractivity (Wildman–Crippen MR) is 39.0 cm³/mol. The maximum absolute atomic E-state index is 5.18. The van der Waals surface area contributed by atoms with Gasteiger partial charge in [0.25, 0.3) is 0 Å². The fraction of sp³-hybridized carbons (Fsp3) is 0.571. The molecule has 0 aliphatic carbocycles. The van der Waals surface area contributed by atoms with E-state index in [1.54, 1.807) is 7.11 Å². The zero-order valence-electron chi connectivity index (χ0n) is 6.04. The van der Waals surface area contributed by atoms with Crippen LogP contribution in [-0.2, 0) is 9.47 Å². The zero-order valence-corrected chi connectivity index (χ0v) is 6.04. The van der Waals surface area contributed by atoms with Gasteiger partial charge in [-0.1, -0.05) is 0 Å². The summed E-state index contributed by atoms with van der Waals surface area (Å²) in [6.07, 6.45) is 4.65. The Labute approximate surface area is 60.4 Å². The number of rotatable bonds is 4. The molecule has 1 rings (SSSR count). The number of aliphatic imine (C=N–C) groups is 1. The molecule has 0 spiro atoms. The van der Waals surface area contributed by atoms with Gasteiger partial charge in [-0.05, 0) is 6.08 Å². The first-order chi connectivity index (χ1) is 4.93. The maximum Gasteiger partial charge on any atom is 0.209 e. The van der Waals surface area contributed by atoms with Crippen LogP contribution in [0.5, 0.6) is 0 Å². The molecule has 0 aromatic heterocycles. The predicted octanol–water partition coefficient (Wildman–Crippen LogP) is 0.965. The highest BCUT2D eigenvalue weighted by Gasteiger charge is 1.97. The molecular formula is C7H11NO2. The Bertz CT molecular complexity index is 152. The van der Waals surface area contributed by atoms with E-state index in [1.807, 2.05) is 12.3 Å². The summed E-state index contributed by atoms with van der Waals surface area (Å²) in [5.74, 6) is 0.719. The van der Waals surface area contributed by atoms with E-state index in [-0.39, 0.29) is 0 Å². The van der Waals surface area contributed by atoms with E-state index in [0.717, 1.165) is 12.3 Å². The number of nitrogens with zero attached hydrogens (tertiary/aromatic N) is 1. The molecule has 3 nitrogen and oxygen atoms in total. The Morgan fingerprint density at radius 2 is 2.50 bits per heavy atom. The van der Waals surface area contributed by atoms with Crippen LogP contribution in [0.2, 0.25) is 0 Å². The van der Waals surface area contributed by atoms with Crippen LogP contribution in [0.25, 0.3) is 0 Å². The van der Waals surface area contributed by atoms with E-state index in [4.69, 9.17) is 9.47 Å². The molecule has 0 aromatic carbocycles. The van der Waals surface area contributed by atoms with E-state index in [1.165, 1.54) is 0 Å². The number of allylic oxidation sites excluding steroid dienone is 1. The van der Waals surface area contributed by atoms with Gasteiger partial charge in [-0.15, -0.1) is 0 Å². The summed E-state index contributed by atoms with van der Waals surface area (Å²) in [6.45, 7) is 1.20. The van der Waals surface area contributed by atoms with Crippen molar-refractivity contribution in [2.45, 2.75) is 6.42 Å². The third-order valence-corrected chi connectivity index (χ3v) is 1.15. The molecule has 1 heterocycles. The molecule has 0 saturated heterocycles. The molecule has 0 fully saturated rings. The summed E-state index contributed by atoms with van der Waals surface area (Å²) in [7, 11) is 1.65. The molecule has 0 unspecified atom stereocenters. The molecule has 10 heavy (non-hydrogen) atoms. The molecule has 0 N–H and O–H groups in total. The Kier molecular flexibility index (Phi) is 2.96. The second-order valence-electron chi connectivity index (χ2n) is 1.93. The van der Waals surface area contributed by atoms with Crippen molar-refractivity contribution in [3.8, 4) is 0 Å². The quantitative estimate of drug-likeness (QED) is 0.546. The first-order valence-electron chi connectivity index (χ1n) is 3.28. The molecule has 1 aliphatic heterocycles. The van der Waals surface area contributed by atoms with E-state index in [9.17, 15) is 0 Å². The second-order valence-corrected chi connectivity index (χ2v) is 1.93. The van der Waals surface area contributed by atoms with Crippen molar-refractivity contribution in [1.82, 2.24) is 0 Å². The van der Waals surface area contributed by atoms with Crippen LogP contribution in [0.4, 0.5) is 0 Å². The third kappa shape index (κ3) is 2.19. The van der Waals surface area contributed by atoms with Gasteiger partial charge >= 0.3 is 0 Å². The summed E-state index contributed by atoms with van der Waals surface area (Å²) in [4.78, 5) is 3.97. The van der Waals surface area contributed by atoms with Gasteiger partial charge in [0.2, 0.25) is 5.88 Å². The molecular weight excluding hydrogens is 130 g/mol. The van der Waals surface area contributed by atoms with Crippen molar-refractivity contribution in [1.29, 1.82) is 0 Å². The Morgan fingerprint density at radius 3 is 3.10 bits per heavy atom. The largest absolute Gasteiger partial charge is 0.475 e. The molecule has 0 aromatic rings. The highest BCUT2D eigenvalue weighted by molar-refractivity contribution is 5.63. The zero-order chi connectivity index (χ0) is 7.23. The van der Waals surface area contributed by atoms with Crippen LogP contribution >= 0.6 is 0 Å². The minimum atomic E-state index is 0.583. The van der Waals surface area contributed by atoms with E-state index < -0.39 is 0 Å². The standard InChI is InChI=1S/C7H11NO2/c1-9-5-6-10-7-3-2-4-8-7/h3-4H,2,5-6H2,1H3. The Hall–Kier alpha value is -0.830. The lowest BCUT2D eigenvalue weighted by Crippen LogP contribution is -1.99. The van der Waals surface area contributed by atoms with Gasteiger partial charge in [-0.2, -0.15) is 0 Å². The fourth-order valence-corrected chi connectivity index (χ4v) is 0.675. The van der Waals surface area contributed by atoms with Gasteiger partial charge in [0.15, 0.2) is 0 Å². The molecule has 0 bridgehead atoms. The topological polar surface area (TPSA) is 30.8 Å². The van der Waals surface area contributed by atoms with E-state index in [0.29, 0.717) is 13.2 Å². The molecule has 0 radical (unpaired) electrons. The Balaban J connectivity index is 2.08. The molecule has 0 atom stereocenters. The van der Waals surface area contributed by atoms with Gasteiger partial charge in [-0.25, -0.2) is 4.99 Å². The molecule has 1 aliphatic rings. The average molecular weight is 141 g/mol. The first-order valence-corrected chi connectivity index (χ1v) is 3.28. The molecule has 3 heteroatoms. The summed E-state index contributed by atoms with van der Waals surface area (Å²) >= 11 is 0. The summed E-state index contributed by atoms with van der Waals surface area (Å²) in [5.41, 5.74) is 0. The van der Waals surface area contributed by atoms with Crippen LogP contribution in [0.1, 0.15) is 6.42 Å². The average Bonchev–Trinajstić information content (AvgIpc) is 2.41. The number of hydrogen-bond acceptors (Lipinski definition) is 3. The third-order valence-electron chi connectivity index (χ3n) is 1.15. The summed E-state index contributed by atoms with van der Waals surface area (Å²) in [5, 5.41) is 0.